The summed E-state index contributed by atoms with van der Waals surface area (Å²) in [6.07, 6.45) is 4.22. The lowest BCUT2D eigenvalue weighted by molar-refractivity contribution is 0.386. The topological polar surface area (TPSA) is 38.9 Å². The van der Waals surface area contributed by atoms with Gasteiger partial charge in [0.05, 0.1) is 0 Å². The lowest BCUT2D eigenvalue weighted by atomic mass is 10.2. The van der Waals surface area contributed by atoms with Crippen molar-refractivity contribution in [1.82, 2.24) is 10.1 Å². The van der Waals surface area contributed by atoms with Crippen molar-refractivity contribution in [1.29, 1.82) is 0 Å². The molecule has 2 heterocycles. The molecule has 1 aliphatic rings. The molecule has 3 rings (SSSR count). The third-order valence-electron chi connectivity index (χ3n) is 2.53. The number of nitrogens with zero attached hydrogens (tertiary/aromatic N) is 2. The molecule has 0 spiro atoms. The molecule has 0 atom stereocenters. The molecule has 0 saturated heterocycles. The molecule has 4 heteroatoms. The summed E-state index contributed by atoms with van der Waals surface area (Å²) in [5.74, 6) is 1.62. The van der Waals surface area contributed by atoms with Gasteiger partial charge < -0.3 is 4.52 Å². The van der Waals surface area contributed by atoms with Crippen LogP contribution in [0.15, 0.2) is 33.5 Å². The van der Waals surface area contributed by atoms with E-state index in [0.717, 1.165) is 21.6 Å². The fourth-order valence-electron chi connectivity index (χ4n) is 1.55. The van der Waals surface area contributed by atoms with Gasteiger partial charge in [-0.15, -0.1) is 0 Å². The molecule has 0 N–H and O–H groups in total. The van der Waals surface area contributed by atoms with Crippen LogP contribution < -0.4 is 0 Å². The Morgan fingerprint density at radius 1 is 1.33 bits per heavy atom. The van der Waals surface area contributed by atoms with E-state index >= 15 is 0 Å². The van der Waals surface area contributed by atoms with Crippen LogP contribution in [-0.4, -0.2) is 10.1 Å². The van der Waals surface area contributed by atoms with Gasteiger partial charge in [0.1, 0.15) is 16.1 Å². The van der Waals surface area contributed by atoms with Crippen LogP contribution in [0.4, 0.5) is 0 Å². The largest absolute Gasteiger partial charge is 0.360 e. The molecule has 15 heavy (non-hydrogen) atoms. The predicted octanol–water partition coefficient (Wildman–Crippen LogP) is 3.38. The molecule has 1 aliphatic carbocycles. The summed E-state index contributed by atoms with van der Waals surface area (Å²) >= 11 is 3.34. The lowest BCUT2D eigenvalue weighted by Crippen LogP contribution is -1.79. The van der Waals surface area contributed by atoms with Crippen molar-refractivity contribution in [2.45, 2.75) is 18.8 Å². The molecule has 2 aromatic rings. The van der Waals surface area contributed by atoms with Crippen LogP contribution in [0.5, 0.6) is 0 Å². The van der Waals surface area contributed by atoms with Crippen molar-refractivity contribution in [3.63, 3.8) is 0 Å². The van der Waals surface area contributed by atoms with Crippen molar-refractivity contribution in [3.05, 3.63) is 34.8 Å². The number of hydrogen-bond acceptors (Lipinski definition) is 3. The minimum Gasteiger partial charge on any atom is -0.360 e. The molecule has 0 radical (unpaired) electrons. The minimum atomic E-state index is 0.608. The number of rotatable bonds is 2. The normalized spacial score (nSPS) is 15.5. The van der Waals surface area contributed by atoms with Crippen LogP contribution in [0.3, 0.4) is 0 Å². The van der Waals surface area contributed by atoms with Crippen LogP contribution in [0.1, 0.15) is 24.5 Å². The molecular formula is C11H9BrN2O. The van der Waals surface area contributed by atoms with Gasteiger partial charge in [0.15, 0.2) is 0 Å². The van der Waals surface area contributed by atoms with Crippen LogP contribution in [0.25, 0.3) is 11.3 Å². The quantitative estimate of drug-likeness (QED) is 0.781. The van der Waals surface area contributed by atoms with Gasteiger partial charge in [0.2, 0.25) is 0 Å². The highest BCUT2D eigenvalue weighted by atomic mass is 79.9. The van der Waals surface area contributed by atoms with E-state index in [4.69, 9.17) is 4.52 Å². The van der Waals surface area contributed by atoms with E-state index < -0.39 is 0 Å². The van der Waals surface area contributed by atoms with E-state index in [9.17, 15) is 0 Å². The zero-order valence-electron chi connectivity index (χ0n) is 7.98. The maximum atomic E-state index is 5.30. The summed E-state index contributed by atoms with van der Waals surface area (Å²) in [6, 6.07) is 5.90. The van der Waals surface area contributed by atoms with Gasteiger partial charge in [-0.05, 0) is 40.9 Å². The molecule has 0 amide bonds. The van der Waals surface area contributed by atoms with E-state index in [-0.39, 0.29) is 0 Å². The summed E-state index contributed by atoms with van der Waals surface area (Å²) < 4.78 is 6.11. The average molecular weight is 265 g/mol. The first kappa shape index (κ1) is 9.09. The maximum absolute atomic E-state index is 5.30. The molecule has 1 fully saturated rings. The second-order valence-corrected chi connectivity index (χ2v) is 4.57. The molecule has 3 nitrogen and oxygen atoms in total. The van der Waals surface area contributed by atoms with Crippen molar-refractivity contribution in [2.75, 3.05) is 0 Å². The van der Waals surface area contributed by atoms with Gasteiger partial charge in [-0.25, -0.2) is 4.98 Å². The van der Waals surface area contributed by atoms with Crippen LogP contribution in [-0.2, 0) is 0 Å². The smallest absolute Gasteiger partial charge is 0.140 e. The molecule has 1 saturated carbocycles. The zero-order chi connectivity index (χ0) is 10.3. The summed E-state index contributed by atoms with van der Waals surface area (Å²) in [4.78, 5) is 4.08. The number of pyridine rings is 1. The van der Waals surface area contributed by atoms with Crippen LogP contribution in [0, 0.1) is 0 Å². The average Bonchev–Trinajstić information content (AvgIpc) is 2.97. The Kier molecular flexibility index (Phi) is 2.09. The first-order valence-corrected chi connectivity index (χ1v) is 5.71. The van der Waals surface area contributed by atoms with Crippen LogP contribution in [0.2, 0.25) is 0 Å². The van der Waals surface area contributed by atoms with Gasteiger partial charge in [0, 0.05) is 23.7 Å². The minimum absolute atomic E-state index is 0.608. The van der Waals surface area contributed by atoms with Gasteiger partial charge in [-0.1, -0.05) is 5.16 Å². The van der Waals surface area contributed by atoms with E-state index in [1.807, 2.05) is 18.2 Å². The first-order chi connectivity index (χ1) is 7.33. The fraction of sp³-hybridized carbons (Fsp3) is 0.273. The standard InChI is InChI=1S/C11H9BrN2O/c12-11-5-8(3-4-13-11)9-6-10(15-14-9)7-1-2-7/h3-7H,1-2H2. The molecule has 0 aliphatic heterocycles. The molecule has 0 aromatic carbocycles. The van der Waals surface area contributed by atoms with Gasteiger partial charge in [0.25, 0.3) is 0 Å². The van der Waals surface area contributed by atoms with Crippen molar-refractivity contribution in [2.24, 2.45) is 0 Å². The Labute approximate surface area is 95.6 Å². The van der Waals surface area contributed by atoms with E-state index in [1.54, 1.807) is 6.20 Å². The summed E-state index contributed by atoms with van der Waals surface area (Å²) in [5, 5.41) is 4.07. The van der Waals surface area contributed by atoms with Gasteiger partial charge >= 0.3 is 0 Å². The van der Waals surface area contributed by atoms with Crippen LogP contribution >= 0.6 is 15.9 Å². The summed E-state index contributed by atoms with van der Waals surface area (Å²) in [7, 11) is 0. The summed E-state index contributed by atoms with van der Waals surface area (Å²) in [6.45, 7) is 0. The van der Waals surface area contributed by atoms with Crippen molar-refractivity contribution < 1.29 is 4.52 Å². The highest BCUT2D eigenvalue weighted by Crippen LogP contribution is 2.41. The number of halogens is 1. The Hall–Kier alpha value is -1.16. The zero-order valence-corrected chi connectivity index (χ0v) is 9.57. The molecule has 0 unspecified atom stereocenters. The summed E-state index contributed by atoms with van der Waals surface area (Å²) in [5.41, 5.74) is 1.92. The highest BCUT2D eigenvalue weighted by Gasteiger charge is 2.27. The third kappa shape index (κ3) is 1.81. The maximum Gasteiger partial charge on any atom is 0.140 e. The molecule has 0 bridgehead atoms. The Bertz CT molecular complexity index is 491. The highest BCUT2D eigenvalue weighted by molar-refractivity contribution is 9.10. The molecule has 76 valence electrons. The lowest BCUT2D eigenvalue weighted by Gasteiger charge is -1.94. The number of hydrogen-bond donors (Lipinski definition) is 0. The van der Waals surface area contributed by atoms with E-state index in [2.05, 4.69) is 26.1 Å². The molecule has 2 aromatic heterocycles. The SMILES string of the molecule is Brc1cc(-c2cc(C3CC3)on2)ccn1. The Balaban J connectivity index is 1.97. The first-order valence-electron chi connectivity index (χ1n) is 4.91. The molecular weight excluding hydrogens is 256 g/mol. The van der Waals surface area contributed by atoms with Crippen molar-refractivity contribution >= 4 is 15.9 Å². The van der Waals surface area contributed by atoms with Gasteiger partial charge in [-0.3, -0.25) is 0 Å². The predicted molar refractivity (Wildman–Crippen MR) is 59.4 cm³/mol. The number of aromatic nitrogens is 2. The van der Waals surface area contributed by atoms with E-state index in [1.165, 1.54) is 12.8 Å². The Morgan fingerprint density at radius 3 is 2.93 bits per heavy atom. The van der Waals surface area contributed by atoms with Gasteiger partial charge in [-0.2, -0.15) is 0 Å². The fourth-order valence-corrected chi connectivity index (χ4v) is 1.91. The Morgan fingerprint density at radius 2 is 2.20 bits per heavy atom. The van der Waals surface area contributed by atoms with Crippen molar-refractivity contribution in [3.8, 4) is 11.3 Å². The second kappa shape index (κ2) is 3.45. The van der Waals surface area contributed by atoms with E-state index in [0.29, 0.717) is 5.92 Å². The monoisotopic (exact) mass is 264 g/mol. The third-order valence-corrected chi connectivity index (χ3v) is 2.96. The second-order valence-electron chi connectivity index (χ2n) is 3.76.